The number of anilines is 1. The first-order valence-electron chi connectivity index (χ1n) is 9.59. The average Bonchev–Trinajstić information content (AvgIpc) is 3.27. The number of nitrogens with zero attached hydrogens (tertiary/aromatic N) is 2. The second-order valence-electron chi connectivity index (χ2n) is 7.80. The van der Waals surface area contributed by atoms with Gasteiger partial charge in [-0.15, -0.1) is 11.3 Å². The van der Waals surface area contributed by atoms with Crippen LogP contribution in [-0.2, 0) is 6.54 Å². The highest BCUT2D eigenvalue weighted by molar-refractivity contribution is 7.13. The number of thiazole rings is 1. The van der Waals surface area contributed by atoms with Crippen molar-refractivity contribution in [2.45, 2.75) is 25.9 Å². The highest BCUT2D eigenvalue weighted by Crippen LogP contribution is 2.23. The lowest BCUT2D eigenvalue weighted by atomic mass is 9.91. The van der Waals surface area contributed by atoms with Crippen molar-refractivity contribution >= 4 is 28.7 Å². The number of hydrogen-bond acceptors (Lipinski definition) is 6. The van der Waals surface area contributed by atoms with E-state index in [1.165, 1.54) is 0 Å². The Morgan fingerprint density at radius 1 is 1.17 bits per heavy atom. The molecule has 3 rings (SSSR count). The van der Waals surface area contributed by atoms with E-state index in [2.05, 4.69) is 10.3 Å². The van der Waals surface area contributed by atoms with Crippen LogP contribution in [0.3, 0.4) is 0 Å². The molecule has 6 nitrogen and oxygen atoms in total. The molecule has 0 spiro atoms. The Morgan fingerprint density at radius 3 is 2.60 bits per heavy atom. The maximum Gasteiger partial charge on any atom is 0.253 e. The maximum absolute atomic E-state index is 12.9. The van der Waals surface area contributed by atoms with Gasteiger partial charge in [-0.3, -0.25) is 14.5 Å². The molecular weight excluding hydrogens is 396 g/mol. The standard InChI is InChI=1S/C23H26N4O2S/c1-23(2,27(3)4)20(28)16-8-9-19(24)18(13-16)21(29)26-14-15-6-5-7-17(12-15)22-25-10-11-30-22/h5-13H,14,24H2,1-4H3,(H,26,29). The third-order valence-corrected chi connectivity index (χ3v) is 6.12. The number of benzene rings is 2. The van der Waals surface area contributed by atoms with Crippen LogP contribution in [0, 0.1) is 0 Å². The topological polar surface area (TPSA) is 88.3 Å². The van der Waals surface area contributed by atoms with Crippen LogP contribution >= 0.6 is 11.3 Å². The SMILES string of the molecule is CN(C)C(C)(C)C(=O)c1ccc(N)c(C(=O)NCc2cccc(-c3nccs3)c2)c1. The average molecular weight is 423 g/mol. The van der Waals surface area contributed by atoms with Crippen molar-refractivity contribution in [2.24, 2.45) is 0 Å². The summed E-state index contributed by atoms with van der Waals surface area (Å²) in [5, 5.41) is 5.76. The number of Topliss-reactive ketones (excluding diaryl/α,β-unsaturated/α-hetero) is 1. The Labute approximate surface area is 180 Å². The van der Waals surface area contributed by atoms with Gasteiger partial charge in [0, 0.05) is 34.9 Å². The number of rotatable bonds is 7. The number of carbonyl (C=O) groups is 2. The first-order chi connectivity index (χ1) is 14.2. The summed E-state index contributed by atoms with van der Waals surface area (Å²) in [6.07, 6.45) is 1.77. The van der Waals surface area contributed by atoms with Crippen LogP contribution in [0.1, 0.15) is 40.1 Å². The molecule has 156 valence electrons. The minimum absolute atomic E-state index is 0.0716. The lowest BCUT2D eigenvalue weighted by Gasteiger charge is -2.31. The molecule has 30 heavy (non-hydrogen) atoms. The lowest BCUT2D eigenvalue weighted by Crippen LogP contribution is -2.45. The number of hydrogen-bond donors (Lipinski definition) is 2. The molecule has 0 radical (unpaired) electrons. The van der Waals surface area contributed by atoms with Crippen molar-refractivity contribution in [2.75, 3.05) is 19.8 Å². The van der Waals surface area contributed by atoms with E-state index in [4.69, 9.17) is 5.73 Å². The van der Waals surface area contributed by atoms with Crippen molar-refractivity contribution in [3.8, 4) is 10.6 Å². The second-order valence-corrected chi connectivity index (χ2v) is 8.70. The molecule has 3 N–H and O–H groups in total. The van der Waals surface area contributed by atoms with Crippen LogP contribution in [0.2, 0.25) is 0 Å². The van der Waals surface area contributed by atoms with E-state index in [0.29, 0.717) is 23.4 Å². The van der Waals surface area contributed by atoms with E-state index >= 15 is 0 Å². The van der Waals surface area contributed by atoms with Crippen molar-refractivity contribution in [3.05, 3.63) is 70.7 Å². The number of nitrogens with one attached hydrogen (secondary N) is 1. The highest BCUT2D eigenvalue weighted by atomic mass is 32.1. The van der Waals surface area contributed by atoms with Crippen LogP contribution < -0.4 is 11.1 Å². The molecule has 1 amide bonds. The molecule has 0 fully saturated rings. The second kappa shape index (κ2) is 8.77. The van der Waals surface area contributed by atoms with Gasteiger partial charge in [0.15, 0.2) is 5.78 Å². The number of nitrogens with two attached hydrogens (primary N) is 1. The Kier molecular flexibility index (Phi) is 6.34. The number of likely N-dealkylation sites (N-methyl/N-ethyl adjacent to an activating group) is 1. The van der Waals surface area contributed by atoms with Gasteiger partial charge >= 0.3 is 0 Å². The smallest absolute Gasteiger partial charge is 0.253 e. The molecule has 0 aliphatic heterocycles. The van der Waals surface area contributed by atoms with E-state index in [1.54, 1.807) is 35.7 Å². The number of amides is 1. The van der Waals surface area contributed by atoms with Gasteiger partial charge in [-0.05, 0) is 57.8 Å². The Morgan fingerprint density at radius 2 is 1.93 bits per heavy atom. The van der Waals surface area contributed by atoms with Gasteiger partial charge in [0.05, 0.1) is 11.1 Å². The van der Waals surface area contributed by atoms with Crippen molar-refractivity contribution in [1.29, 1.82) is 0 Å². The van der Waals surface area contributed by atoms with E-state index in [0.717, 1.165) is 16.1 Å². The molecule has 1 aromatic heterocycles. The van der Waals surface area contributed by atoms with Gasteiger partial charge < -0.3 is 11.1 Å². The zero-order valence-electron chi connectivity index (χ0n) is 17.6. The van der Waals surface area contributed by atoms with E-state index in [1.807, 2.05) is 62.5 Å². The van der Waals surface area contributed by atoms with Crippen molar-refractivity contribution in [3.63, 3.8) is 0 Å². The van der Waals surface area contributed by atoms with Crippen LogP contribution in [0.25, 0.3) is 10.6 Å². The molecule has 2 aromatic carbocycles. The third-order valence-electron chi connectivity index (χ3n) is 5.29. The zero-order valence-corrected chi connectivity index (χ0v) is 18.4. The molecule has 0 saturated heterocycles. The molecule has 0 saturated carbocycles. The largest absolute Gasteiger partial charge is 0.398 e. The Hall–Kier alpha value is -3.03. The molecule has 0 aliphatic rings. The summed E-state index contributed by atoms with van der Waals surface area (Å²) < 4.78 is 0. The zero-order chi connectivity index (χ0) is 21.9. The van der Waals surface area contributed by atoms with Gasteiger partial charge in [-0.1, -0.05) is 18.2 Å². The van der Waals surface area contributed by atoms with E-state index < -0.39 is 5.54 Å². The summed E-state index contributed by atoms with van der Waals surface area (Å²) in [4.78, 5) is 31.9. The number of nitrogen functional groups attached to an aromatic ring is 1. The fourth-order valence-electron chi connectivity index (χ4n) is 2.91. The fourth-order valence-corrected chi connectivity index (χ4v) is 3.54. The van der Waals surface area contributed by atoms with Crippen LogP contribution in [0.4, 0.5) is 5.69 Å². The molecule has 0 bridgehead atoms. The minimum Gasteiger partial charge on any atom is -0.398 e. The van der Waals surface area contributed by atoms with Gasteiger partial charge in [-0.25, -0.2) is 4.98 Å². The van der Waals surface area contributed by atoms with Crippen molar-refractivity contribution < 1.29 is 9.59 Å². The first-order valence-corrected chi connectivity index (χ1v) is 10.5. The Balaban J connectivity index is 1.76. The van der Waals surface area contributed by atoms with E-state index in [9.17, 15) is 9.59 Å². The first kappa shape index (κ1) is 21.7. The number of ketones is 1. The van der Waals surface area contributed by atoms with Crippen LogP contribution in [0.15, 0.2) is 54.0 Å². The van der Waals surface area contributed by atoms with Crippen LogP contribution in [0.5, 0.6) is 0 Å². The van der Waals surface area contributed by atoms with Crippen LogP contribution in [-0.4, -0.2) is 41.2 Å². The van der Waals surface area contributed by atoms with Gasteiger partial charge in [0.1, 0.15) is 5.01 Å². The Bertz CT molecular complexity index is 1060. The summed E-state index contributed by atoms with van der Waals surface area (Å²) in [7, 11) is 3.70. The summed E-state index contributed by atoms with van der Waals surface area (Å²) in [5.74, 6) is -0.387. The lowest BCUT2D eigenvalue weighted by molar-refractivity contribution is 0.0755. The maximum atomic E-state index is 12.9. The van der Waals surface area contributed by atoms with Gasteiger partial charge in [-0.2, -0.15) is 0 Å². The highest BCUT2D eigenvalue weighted by Gasteiger charge is 2.31. The number of aromatic nitrogens is 1. The molecule has 0 unspecified atom stereocenters. The third kappa shape index (κ3) is 4.58. The van der Waals surface area contributed by atoms with E-state index in [-0.39, 0.29) is 11.7 Å². The summed E-state index contributed by atoms with van der Waals surface area (Å²) in [6, 6.07) is 12.7. The normalized spacial score (nSPS) is 11.5. The predicted octanol–water partition coefficient (Wildman–Crippen LogP) is 3.85. The summed E-state index contributed by atoms with van der Waals surface area (Å²) >= 11 is 1.57. The molecule has 7 heteroatoms. The minimum atomic E-state index is -0.694. The monoisotopic (exact) mass is 422 g/mol. The fraction of sp³-hybridized carbons (Fsp3) is 0.261. The van der Waals surface area contributed by atoms with Gasteiger partial charge in [0.25, 0.3) is 5.91 Å². The molecule has 1 heterocycles. The quantitative estimate of drug-likeness (QED) is 0.446. The van der Waals surface area contributed by atoms with Crippen molar-refractivity contribution in [1.82, 2.24) is 15.2 Å². The van der Waals surface area contributed by atoms with Gasteiger partial charge in [0.2, 0.25) is 0 Å². The summed E-state index contributed by atoms with van der Waals surface area (Å²) in [5.41, 5.74) is 8.39. The molecule has 3 aromatic rings. The molecular formula is C23H26N4O2S. The summed E-state index contributed by atoms with van der Waals surface area (Å²) in [6.45, 7) is 4.04. The number of carbonyl (C=O) groups excluding carboxylic acids is 2. The predicted molar refractivity (Wildman–Crippen MR) is 122 cm³/mol. The molecule has 0 aliphatic carbocycles. The molecule has 0 atom stereocenters.